The van der Waals surface area contributed by atoms with Crippen molar-refractivity contribution in [3.63, 3.8) is 0 Å². The Labute approximate surface area is 173 Å². The van der Waals surface area contributed by atoms with Crippen LogP contribution in [0.4, 0.5) is 36.3 Å². The maximum Gasteiger partial charge on any atom is 0.421 e. The SMILES string of the molecule is CCCOc1ccc(N(C)c2ncc(C(F)(F)F)c(Nc3ccc(C)cc3)n2)cc1. The topological polar surface area (TPSA) is 50.3 Å². The average molecular weight is 416 g/mol. The summed E-state index contributed by atoms with van der Waals surface area (Å²) >= 11 is 0. The number of halogens is 3. The summed E-state index contributed by atoms with van der Waals surface area (Å²) in [5.41, 5.74) is 1.31. The van der Waals surface area contributed by atoms with Gasteiger partial charge in [-0.2, -0.15) is 18.2 Å². The predicted molar refractivity (Wildman–Crippen MR) is 112 cm³/mol. The van der Waals surface area contributed by atoms with E-state index in [9.17, 15) is 13.2 Å². The van der Waals surface area contributed by atoms with Crippen molar-refractivity contribution < 1.29 is 17.9 Å². The number of nitrogens with zero attached hydrogens (tertiary/aromatic N) is 3. The third-order valence-electron chi connectivity index (χ3n) is 4.39. The first-order chi connectivity index (χ1) is 14.3. The first-order valence-electron chi connectivity index (χ1n) is 9.52. The van der Waals surface area contributed by atoms with E-state index in [1.165, 1.54) is 0 Å². The fraction of sp³-hybridized carbons (Fsp3) is 0.273. The molecule has 0 amide bonds. The number of hydrogen-bond acceptors (Lipinski definition) is 5. The van der Waals surface area contributed by atoms with Crippen LogP contribution in [0.5, 0.6) is 5.75 Å². The summed E-state index contributed by atoms with van der Waals surface area (Å²) in [6.45, 7) is 4.54. The Hall–Kier alpha value is -3.29. The molecule has 3 aromatic rings. The Balaban J connectivity index is 1.90. The number of benzene rings is 2. The summed E-state index contributed by atoms with van der Waals surface area (Å²) < 4.78 is 46.0. The van der Waals surface area contributed by atoms with Gasteiger partial charge in [-0.3, -0.25) is 0 Å². The third kappa shape index (κ3) is 5.20. The molecule has 1 aromatic heterocycles. The van der Waals surface area contributed by atoms with Crippen LogP contribution >= 0.6 is 0 Å². The lowest BCUT2D eigenvalue weighted by Gasteiger charge is -2.20. The Morgan fingerprint density at radius 1 is 1.03 bits per heavy atom. The van der Waals surface area contributed by atoms with Crippen molar-refractivity contribution in [1.29, 1.82) is 0 Å². The second-order valence-electron chi connectivity index (χ2n) is 6.82. The molecule has 0 aliphatic heterocycles. The van der Waals surface area contributed by atoms with Crippen LogP contribution in [0.15, 0.2) is 54.7 Å². The molecule has 0 fully saturated rings. The van der Waals surface area contributed by atoms with Gasteiger partial charge in [-0.25, -0.2) is 4.98 Å². The highest BCUT2D eigenvalue weighted by Crippen LogP contribution is 2.36. The van der Waals surface area contributed by atoms with Gasteiger partial charge in [0.2, 0.25) is 5.95 Å². The highest BCUT2D eigenvalue weighted by Gasteiger charge is 2.35. The van der Waals surface area contributed by atoms with Crippen molar-refractivity contribution in [3.8, 4) is 5.75 Å². The van der Waals surface area contributed by atoms with Gasteiger partial charge >= 0.3 is 6.18 Å². The zero-order valence-electron chi connectivity index (χ0n) is 17.0. The number of aromatic nitrogens is 2. The number of nitrogens with one attached hydrogen (secondary N) is 1. The van der Waals surface area contributed by atoms with Gasteiger partial charge in [0.15, 0.2) is 0 Å². The first kappa shape index (κ1) is 21.4. The van der Waals surface area contributed by atoms with Crippen LogP contribution in [0.3, 0.4) is 0 Å². The largest absolute Gasteiger partial charge is 0.494 e. The fourth-order valence-corrected chi connectivity index (χ4v) is 2.71. The summed E-state index contributed by atoms with van der Waals surface area (Å²) in [7, 11) is 1.69. The Morgan fingerprint density at radius 2 is 1.70 bits per heavy atom. The molecule has 0 spiro atoms. The number of alkyl halides is 3. The molecule has 0 bridgehead atoms. The molecule has 0 aliphatic rings. The van der Waals surface area contributed by atoms with Gasteiger partial charge in [0.25, 0.3) is 0 Å². The van der Waals surface area contributed by atoms with Crippen LogP contribution in [0, 0.1) is 6.92 Å². The molecule has 8 heteroatoms. The lowest BCUT2D eigenvalue weighted by molar-refractivity contribution is -0.137. The summed E-state index contributed by atoms with van der Waals surface area (Å²) in [5.74, 6) is 0.565. The lowest BCUT2D eigenvalue weighted by Crippen LogP contribution is -2.17. The smallest absolute Gasteiger partial charge is 0.421 e. The third-order valence-corrected chi connectivity index (χ3v) is 4.39. The van der Waals surface area contributed by atoms with E-state index < -0.39 is 11.7 Å². The Kier molecular flexibility index (Phi) is 6.44. The quantitative estimate of drug-likeness (QED) is 0.504. The van der Waals surface area contributed by atoms with E-state index in [-0.39, 0.29) is 11.8 Å². The number of ether oxygens (including phenoxy) is 1. The molecule has 158 valence electrons. The van der Waals surface area contributed by atoms with Gasteiger partial charge in [0.1, 0.15) is 17.1 Å². The summed E-state index contributed by atoms with van der Waals surface area (Å²) in [6.07, 6.45) is -2.88. The molecule has 0 aliphatic carbocycles. The van der Waals surface area contributed by atoms with E-state index >= 15 is 0 Å². The van der Waals surface area contributed by atoms with Crippen molar-refractivity contribution >= 4 is 23.1 Å². The van der Waals surface area contributed by atoms with E-state index in [4.69, 9.17) is 4.74 Å². The molecule has 1 N–H and O–H groups in total. The van der Waals surface area contributed by atoms with Gasteiger partial charge in [0, 0.05) is 24.6 Å². The van der Waals surface area contributed by atoms with Crippen LogP contribution in [-0.2, 0) is 6.18 Å². The zero-order chi connectivity index (χ0) is 21.7. The molecule has 2 aromatic carbocycles. The van der Waals surface area contributed by atoms with Gasteiger partial charge in [-0.1, -0.05) is 24.6 Å². The summed E-state index contributed by atoms with van der Waals surface area (Å²) in [4.78, 5) is 9.71. The van der Waals surface area contributed by atoms with Gasteiger partial charge in [-0.05, 0) is 49.7 Å². The highest BCUT2D eigenvalue weighted by atomic mass is 19.4. The van der Waals surface area contributed by atoms with E-state index in [1.54, 1.807) is 48.3 Å². The lowest BCUT2D eigenvalue weighted by atomic mass is 10.2. The van der Waals surface area contributed by atoms with E-state index in [2.05, 4.69) is 15.3 Å². The van der Waals surface area contributed by atoms with E-state index in [1.807, 2.05) is 26.0 Å². The summed E-state index contributed by atoms with van der Waals surface area (Å²) in [5, 5.41) is 2.77. The number of rotatable bonds is 7. The molecular formula is C22H23F3N4O. The van der Waals surface area contributed by atoms with Crippen molar-refractivity contribution in [2.75, 3.05) is 23.9 Å². The average Bonchev–Trinajstić information content (AvgIpc) is 2.73. The fourth-order valence-electron chi connectivity index (χ4n) is 2.71. The molecule has 0 radical (unpaired) electrons. The van der Waals surface area contributed by atoms with Crippen LogP contribution in [0.1, 0.15) is 24.5 Å². The zero-order valence-corrected chi connectivity index (χ0v) is 17.0. The molecule has 0 saturated carbocycles. The van der Waals surface area contributed by atoms with Crippen LogP contribution in [0.25, 0.3) is 0 Å². The van der Waals surface area contributed by atoms with Gasteiger partial charge in [-0.15, -0.1) is 0 Å². The maximum atomic E-state index is 13.5. The second kappa shape index (κ2) is 9.02. The number of hydrogen-bond donors (Lipinski definition) is 1. The van der Waals surface area contributed by atoms with Crippen molar-refractivity contribution in [2.45, 2.75) is 26.4 Å². The molecule has 0 unspecified atom stereocenters. The molecule has 1 heterocycles. The second-order valence-corrected chi connectivity index (χ2v) is 6.82. The molecule has 30 heavy (non-hydrogen) atoms. The minimum absolute atomic E-state index is 0.139. The molecular weight excluding hydrogens is 393 g/mol. The van der Waals surface area contributed by atoms with E-state index in [0.717, 1.165) is 29.6 Å². The molecule has 0 saturated heterocycles. The molecule has 5 nitrogen and oxygen atoms in total. The Bertz CT molecular complexity index is 973. The predicted octanol–water partition coefficient (Wildman–Crippen LogP) is 6.10. The van der Waals surface area contributed by atoms with Crippen molar-refractivity contribution in [1.82, 2.24) is 9.97 Å². The van der Waals surface area contributed by atoms with Crippen LogP contribution in [-0.4, -0.2) is 23.6 Å². The highest BCUT2D eigenvalue weighted by molar-refractivity contribution is 5.64. The first-order valence-corrected chi connectivity index (χ1v) is 9.52. The molecule has 3 rings (SSSR count). The summed E-state index contributed by atoms with van der Waals surface area (Å²) in [6, 6.07) is 14.2. The standard InChI is InChI=1S/C22H23F3N4O/c1-4-13-30-18-11-9-17(10-12-18)29(3)21-26-14-19(22(23,24)25)20(28-21)27-16-7-5-15(2)6-8-16/h5-12,14H,4,13H2,1-3H3,(H,26,27,28). The minimum Gasteiger partial charge on any atom is -0.494 e. The monoisotopic (exact) mass is 416 g/mol. The van der Waals surface area contributed by atoms with Gasteiger partial charge in [0.05, 0.1) is 6.61 Å². The number of anilines is 4. The number of aryl methyl sites for hydroxylation is 1. The molecule has 0 atom stereocenters. The van der Waals surface area contributed by atoms with Gasteiger partial charge < -0.3 is 15.0 Å². The Morgan fingerprint density at radius 3 is 2.30 bits per heavy atom. The van der Waals surface area contributed by atoms with E-state index in [0.29, 0.717) is 12.3 Å². The van der Waals surface area contributed by atoms with Crippen LogP contribution in [0.2, 0.25) is 0 Å². The van der Waals surface area contributed by atoms with Crippen molar-refractivity contribution in [3.05, 3.63) is 65.9 Å². The maximum absolute atomic E-state index is 13.5. The normalized spacial score (nSPS) is 11.3. The minimum atomic E-state index is -4.58. The van der Waals surface area contributed by atoms with Crippen LogP contribution < -0.4 is 15.0 Å². The van der Waals surface area contributed by atoms with Crippen molar-refractivity contribution in [2.24, 2.45) is 0 Å².